The first kappa shape index (κ1) is 16.3. The lowest BCUT2D eigenvalue weighted by Gasteiger charge is -2.20. The van der Waals surface area contributed by atoms with Gasteiger partial charge < -0.3 is 10.1 Å². The highest BCUT2D eigenvalue weighted by atomic mass is 16.5. The summed E-state index contributed by atoms with van der Waals surface area (Å²) in [6.07, 6.45) is 5.23. The predicted octanol–water partition coefficient (Wildman–Crippen LogP) is 3.24. The number of aromatic nitrogens is 1. The maximum Gasteiger partial charge on any atom is 0.413 e. The molecule has 0 aromatic carbocycles. The molecule has 0 radical (unpaired) electrons. The molecule has 1 amide bonds. The molecule has 1 saturated carbocycles. The fourth-order valence-electron chi connectivity index (χ4n) is 2.49. The number of carbonyl (C=O) groups excluding carboxylic acids is 1. The zero-order chi connectivity index (χ0) is 15.8. The second-order valence-electron chi connectivity index (χ2n) is 5.40. The molecule has 0 aliphatic heterocycles. The first-order chi connectivity index (χ1) is 10.7. The molecule has 0 unspecified atom stereocenters. The number of nitrogens with zero attached hydrogens (tertiary/aromatic N) is 2. The van der Waals surface area contributed by atoms with Crippen molar-refractivity contribution in [3.63, 3.8) is 0 Å². The Bertz CT molecular complexity index is 525. The lowest BCUT2D eigenvalue weighted by atomic mass is 9.96. The van der Waals surface area contributed by atoms with Gasteiger partial charge in [-0.3, -0.25) is 5.32 Å². The van der Waals surface area contributed by atoms with Gasteiger partial charge in [0.15, 0.2) is 0 Å². The summed E-state index contributed by atoms with van der Waals surface area (Å²) in [4.78, 5) is 20.7. The van der Waals surface area contributed by atoms with Crippen LogP contribution in [0, 0.1) is 6.92 Å². The number of nitrogens with one attached hydrogen (secondary N) is 2. The largest absolute Gasteiger partial charge is 0.450 e. The fourth-order valence-corrected chi connectivity index (χ4v) is 2.49. The summed E-state index contributed by atoms with van der Waals surface area (Å²) in [6.45, 7) is 4.01. The van der Waals surface area contributed by atoms with Crippen LogP contribution in [0.15, 0.2) is 23.2 Å². The zero-order valence-corrected chi connectivity index (χ0v) is 13.3. The Kier molecular flexibility index (Phi) is 6.18. The summed E-state index contributed by atoms with van der Waals surface area (Å²) in [5, 5.41) is 5.75. The van der Waals surface area contributed by atoms with E-state index in [0.717, 1.165) is 18.5 Å². The number of aliphatic imine (C=N–C) groups is 1. The van der Waals surface area contributed by atoms with E-state index in [2.05, 4.69) is 20.6 Å². The van der Waals surface area contributed by atoms with E-state index in [1.54, 1.807) is 6.92 Å². The van der Waals surface area contributed by atoms with Gasteiger partial charge in [-0.25, -0.2) is 14.8 Å². The third kappa shape index (κ3) is 5.35. The van der Waals surface area contributed by atoms with Gasteiger partial charge in [0.1, 0.15) is 5.82 Å². The highest BCUT2D eigenvalue weighted by molar-refractivity contribution is 6.01. The van der Waals surface area contributed by atoms with Crippen molar-refractivity contribution in [3.8, 4) is 0 Å². The van der Waals surface area contributed by atoms with Crippen LogP contribution in [0.3, 0.4) is 0 Å². The second kappa shape index (κ2) is 8.36. The topological polar surface area (TPSA) is 75.6 Å². The van der Waals surface area contributed by atoms with Gasteiger partial charge in [-0.2, -0.15) is 0 Å². The standard InChI is InChI=1S/C16H24N4O2/c1-3-22-16(21)20-15(18-13-9-5-4-6-10-13)19-14-11-7-8-12(2)17-14/h7-8,11,13H,3-6,9-10H2,1-2H3,(H2,17,18,19,20,21). The SMILES string of the molecule is CCOC(=O)NC(=NC1CCCCC1)Nc1cccc(C)n1. The number of anilines is 1. The first-order valence-electron chi connectivity index (χ1n) is 7.89. The highest BCUT2D eigenvalue weighted by Gasteiger charge is 2.15. The molecule has 1 aromatic heterocycles. The lowest BCUT2D eigenvalue weighted by Crippen LogP contribution is -2.37. The van der Waals surface area contributed by atoms with Gasteiger partial charge in [0.05, 0.1) is 12.6 Å². The van der Waals surface area contributed by atoms with Crippen LogP contribution in [0.25, 0.3) is 0 Å². The minimum Gasteiger partial charge on any atom is -0.450 e. The summed E-state index contributed by atoms with van der Waals surface area (Å²) >= 11 is 0. The summed E-state index contributed by atoms with van der Waals surface area (Å²) in [5.74, 6) is 1.06. The Labute approximate surface area is 131 Å². The molecule has 0 atom stereocenters. The number of pyridine rings is 1. The van der Waals surface area contributed by atoms with E-state index in [0.29, 0.717) is 18.4 Å². The molecule has 0 bridgehead atoms. The third-order valence-corrected chi connectivity index (χ3v) is 3.52. The molecule has 0 spiro atoms. The predicted molar refractivity (Wildman–Crippen MR) is 87.1 cm³/mol. The molecule has 120 valence electrons. The maximum absolute atomic E-state index is 11.7. The molecule has 1 heterocycles. The van der Waals surface area contributed by atoms with Gasteiger partial charge in [0.25, 0.3) is 0 Å². The van der Waals surface area contributed by atoms with Crippen molar-refractivity contribution in [1.29, 1.82) is 0 Å². The average Bonchev–Trinajstić information content (AvgIpc) is 2.48. The number of rotatable bonds is 3. The van der Waals surface area contributed by atoms with Crippen molar-refractivity contribution in [2.24, 2.45) is 4.99 Å². The van der Waals surface area contributed by atoms with Gasteiger partial charge in [0.2, 0.25) is 5.96 Å². The number of amides is 1. The fraction of sp³-hybridized carbons (Fsp3) is 0.562. The van der Waals surface area contributed by atoms with Crippen molar-refractivity contribution in [2.75, 3.05) is 11.9 Å². The van der Waals surface area contributed by atoms with E-state index in [1.807, 2.05) is 25.1 Å². The molecular formula is C16H24N4O2. The molecule has 2 rings (SSSR count). The number of carbonyl (C=O) groups is 1. The van der Waals surface area contributed by atoms with Gasteiger partial charge in [-0.15, -0.1) is 0 Å². The Morgan fingerprint density at radius 3 is 2.82 bits per heavy atom. The number of hydrogen-bond donors (Lipinski definition) is 2. The Morgan fingerprint density at radius 1 is 1.36 bits per heavy atom. The van der Waals surface area contributed by atoms with Crippen LogP contribution in [-0.2, 0) is 4.74 Å². The van der Waals surface area contributed by atoms with Gasteiger partial charge in [0, 0.05) is 5.69 Å². The van der Waals surface area contributed by atoms with Crippen LogP contribution < -0.4 is 10.6 Å². The second-order valence-corrected chi connectivity index (χ2v) is 5.40. The van der Waals surface area contributed by atoms with E-state index in [9.17, 15) is 4.79 Å². The quantitative estimate of drug-likeness (QED) is 0.664. The van der Waals surface area contributed by atoms with E-state index in [1.165, 1.54) is 19.3 Å². The van der Waals surface area contributed by atoms with E-state index in [4.69, 9.17) is 4.74 Å². The van der Waals surface area contributed by atoms with Crippen LogP contribution in [0.2, 0.25) is 0 Å². The number of alkyl carbamates (subject to hydrolysis) is 1. The Morgan fingerprint density at radius 2 is 2.14 bits per heavy atom. The molecule has 22 heavy (non-hydrogen) atoms. The highest BCUT2D eigenvalue weighted by Crippen LogP contribution is 2.20. The molecular weight excluding hydrogens is 280 g/mol. The van der Waals surface area contributed by atoms with Crippen molar-refractivity contribution >= 4 is 17.9 Å². The minimum absolute atomic E-state index is 0.239. The molecule has 6 nitrogen and oxygen atoms in total. The molecule has 6 heteroatoms. The zero-order valence-electron chi connectivity index (χ0n) is 13.3. The normalized spacial score (nSPS) is 16.2. The van der Waals surface area contributed by atoms with Crippen LogP contribution in [0.1, 0.15) is 44.7 Å². The van der Waals surface area contributed by atoms with Gasteiger partial charge in [-0.05, 0) is 38.8 Å². The van der Waals surface area contributed by atoms with Crippen molar-refractivity contribution in [3.05, 3.63) is 23.9 Å². The number of guanidine groups is 1. The average molecular weight is 304 g/mol. The maximum atomic E-state index is 11.7. The van der Waals surface area contributed by atoms with E-state index >= 15 is 0 Å². The molecule has 1 fully saturated rings. The first-order valence-corrected chi connectivity index (χ1v) is 7.89. The number of ether oxygens (including phenoxy) is 1. The smallest absolute Gasteiger partial charge is 0.413 e. The van der Waals surface area contributed by atoms with Gasteiger partial charge in [-0.1, -0.05) is 25.3 Å². The Balaban J connectivity index is 2.09. The Hall–Kier alpha value is -2.11. The van der Waals surface area contributed by atoms with Crippen molar-refractivity contribution in [1.82, 2.24) is 10.3 Å². The number of hydrogen-bond acceptors (Lipinski definition) is 4. The molecule has 1 aromatic rings. The van der Waals surface area contributed by atoms with Gasteiger partial charge >= 0.3 is 6.09 Å². The van der Waals surface area contributed by atoms with Crippen LogP contribution in [0.4, 0.5) is 10.6 Å². The molecule has 0 saturated heterocycles. The lowest BCUT2D eigenvalue weighted by molar-refractivity contribution is 0.157. The monoisotopic (exact) mass is 304 g/mol. The third-order valence-electron chi connectivity index (χ3n) is 3.52. The van der Waals surface area contributed by atoms with Crippen molar-refractivity contribution in [2.45, 2.75) is 52.0 Å². The van der Waals surface area contributed by atoms with Crippen LogP contribution in [-0.4, -0.2) is 29.7 Å². The molecule has 1 aliphatic rings. The van der Waals surface area contributed by atoms with Crippen molar-refractivity contribution < 1.29 is 9.53 Å². The summed E-state index contributed by atoms with van der Waals surface area (Å²) < 4.78 is 4.93. The molecule has 1 aliphatic carbocycles. The molecule has 2 N–H and O–H groups in total. The van der Waals surface area contributed by atoms with Crippen LogP contribution >= 0.6 is 0 Å². The number of aryl methyl sites for hydroxylation is 1. The minimum atomic E-state index is -0.503. The summed E-state index contributed by atoms with van der Waals surface area (Å²) in [6, 6.07) is 5.91. The summed E-state index contributed by atoms with van der Waals surface area (Å²) in [7, 11) is 0. The summed E-state index contributed by atoms with van der Waals surface area (Å²) in [5.41, 5.74) is 0.901. The van der Waals surface area contributed by atoms with Crippen LogP contribution in [0.5, 0.6) is 0 Å². The van der Waals surface area contributed by atoms with E-state index in [-0.39, 0.29) is 6.04 Å². The van der Waals surface area contributed by atoms with E-state index < -0.39 is 6.09 Å².